The summed E-state index contributed by atoms with van der Waals surface area (Å²) in [5, 5.41) is 7.22. The van der Waals surface area contributed by atoms with Gasteiger partial charge in [0.25, 0.3) is 0 Å². The van der Waals surface area contributed by atoms with E-state index in [9.17, 15) is 4.79 Å². The molecule has 33 heavy (non-hydrogen) atoms. The van der Waals surface area contributed by atoms with Crippen molar-refractivity contribution in [1.82, 2.24) is 10.5 Å². The number of methoxy groups -OCH3 is 1. The van der Waals surface area contributed by atoms with Crippen LogP contribution in [0.3, 0.4) is 0 Å². The molecule has 3 unspecified atom stereocenters. The molecule has 1 fully saturated rings. The highest BCUT2D eigenvalue weighted by molar-refractivity contribution is 5.86. The van der Waals surface area contributed by atoms with Gasteiger partial charge in [-0.25, -0.2) is 0 Å². The monoisotopic (exact) mass is 448 g/mol. The normalized spacial score (nSPS) is 21.0. The minimum absolute atomic E-state index is 0.0191. The van der Waals surface area contributed by atoms with Crippen LogP contribution in [0.1, 0.15) is 41.5 Å². The number of aromatic nitrogens is 1. The maximum absolute atomic E-state index is 13.2. The van der Waals surface area contributed by atoms with Gasteiger partial charge in [-0.05, 0) is 56.2 Å². The Labute approximate surface area is 193 Å². The summed E-state index contributed by atoms with van der Waals surface area (Å²) < 4.78 is 22.3. The summed E-state index contributed by atoms with van der Waals surface area (Å²) in [6.07, 6.45) is -0.122. The van der Waals surface area contributed by atoms with E-state index in [1.807, 2.05) is 57.2 Å². The van der Waals surface area contributed by atoms with Gasteiger partial charge in [-0.15, -0.1) is 0 Å². The molecular weight excluding hydrogens is 420 g/mol. The van der Waals surface area contributed by atoms with E-state index in [0.29, 0.717) is 13.2 Å². The van der Waals surface area contributed by atoms with Gasteiger partial charge in [0.15, 0.2) is 0 Å². The van der Waals surface area contributed by atoms with Gasteiger partial charge < -0.3 is 24.1 Å². The quantitative estimate of drug-likeness (QED) is 0.552. The van der Waals surface area contributed by atoms with Crippen molar-refractivity contribution in [3.05, 3.63) is 65.0 Å². The summed E-state index contributed by atoms with van der Waals surface area (Å²) in [6, 6.07) is 13.6. The number of aryl methyl sites for hydroxylation is 2. The number of carbonyl (C=O) groups excluding carboxylic acids is 1. The average molecular weight is 449 g/mol. The van der Waals surface area contributed by atoms with Crippen molar-refractivity contribution in [2.24, 2.45) is 5.92 Å². The Hall–Kier alpha value is -3.32. The van der Waals surface area contributed by atoms with Crippen LogP contribution in [0.5, 0.6) is 11.5 Å². The molecular formula is C26H28N2O5. The van der Waals surface area contributed by atoms with Crippen molar-refractivity contribution < 1.29 is 23.5 Å². The highest BCUT2D eigenvalue weighted by Crippen LogP contribution is 2.59. The lowest BCUT2D eigenvalue weighted by molar-refractivity contribution is -0.124. The Balaban J connectivity index is 1.32. The predicted octanol–water partition coefficient (Wildman–Crippen LogP) is 4.34. The molecule has 0 saturated heterocycles. The number of hydrogen-bond acceptors (Lipinski definition) is 6. The maximum atomic E-state index is 13.2. The van der Waals surface area contributed by atoms with E-state index >= 15 is 0 Å². The molecule has 0 bridgehead atoms. The summed E-state index contributed by atoms with van der Waals surface area (Å²) in [4.78, 5) is 13.2. The molecule has 7 heteroatoms. The lowest BCUT2D eigenvalue weighted by atomic mass is 9.98. The molecule has 2 heterocycles. The topological polar surface area (TPSA) is 82.8 Å². The van der Waals surface area contributed by atoms with Crippen LogP contribution in [0.15, 0.2) is 47.0 Å². The van der Waals surface area contributed by atoms with Crippen molar-refractivity contribution in [2.45, 2.75) is 38.8 Å². The van der Waals surface area contributed by atoms with E-state index in [4.69, 9.17) is 18.7 Å². The molecule has 1 aliphatic carbocycles. The molecule has 7 nitrogen and oxygen atoms in total. The van der Waals surface area contributed by atoms with Gasteiger partial charge >= 0.3 is 0 Å². The van der Waals surface area contributed by atoms with Gasteiger partial charge in [-0.2, -0.15) is 0 Å². The summed E-state index contributed by atoms with van der Waals surface area (Å²) in [5.74, 6) is 2.27. The van der Waals surface area contributed by atoms with E-state index in [2.05, 4.69) is 16.5 Å². The molecule has 1 N–H and O–H groups in total. The first-order chi connectivity index (χ1) is 16.0. The van der Waals surface area contributed by atoms with E-state index in [1.165, 1.54) is 0 Å². The standard InChI is InChI=1S/C26H28N2O5/c1-5-31-18-9-6-16(7-10-18)20(13-30-4)27-26(29)24-23-19-12-17(8-11-21(19)32-25(23)24)22-14(2)28-33-15(22)3/h6-12,20,23-25H,5,13H2,1-4H3,(H,27,29)/t20-,23?,24?,25?/m0/s1. The summed E-state index contributed by atoms with van der Waals surface area (Å²) in [5.41, 5.74) is 4.93. The lowest BCUT2D eigenvalue weighted by Crippen LogP contribution is -2.34. The highest BCUT2D eigenvalue weighted by Gasteiger charge is 2.62. The third-order valence-corrected chi connectivity index (χ3v) is 6.45. The number of nitrogens with one attached hydrogen (secondary N) is 1. The number of rotatable bonds is 8. The van der Waals surface area contributed by atoms with Gasteiger partial charge in [-0.3, -0.25) is 4.79 Å². The SMILES string of the molecule is CCOc1ccc([C@H](COC)NC(=O)C2C3Oc4ccc(-c5c(C)noc5C)cc4C32)cc1. The molecule has 4 atom stereocenters. The molecule has 2 aromatic carbocycles. The van der Waals surface area contributed by atoms with E-state index in [1.54, 1.807) is 7.11 Å². The second kappa shape index (κ2) is 8.56. The van der Waals surface area contributed by atoms with Crippen LogP contribution in [0.4, 0.5) is 0 Å². The van der Waals surface area contributed by atoms with Crippen LogP contribution in [0, 0.1) is 19.8 Å². The Morgan fingerprint density at radius 2 is 1.97 bits per heavy atom. The number of hydrogen-bond donors (Lipinski definition) is 1. The first-order valence-electron chi connectivity index (χ1n) is 11.3. The first kappa shape index (κ1) is 21.5. The second-order valence-electron chi connectivity index (χ2n) is 8.60. The highest BCUT2D eigenvalue weighted by atomic mass is 16.5. The Bertz CT molecular complexity index is 1150. The fraction of sp³-hybridized carbons (Fsp3) is 0.385. The number of carbonyl (C=O) groups is 1. The fourth-order valence-electron chi connectivity index (χ4n) is 4.84. The molecule has 1 aromatic heterocycles. The van der Waals surface area contributed by atoms with Gasteiger partial charge in [-0.1, -0.05) is 23.4 Å². The smallest absolute Gasteiger partial charge is 0.228 e. The molecule has 5 rings (SSSR count). The minimum atomic E-state index is -0.243. The average Bonchev–Trinajstić information content (AvgIpc) is 3.25. The van der Waals surface area contributed by atoms with Crippen molar-refractivity contribution in [3.63, 3.8) is 0 Å². The van der Waals surface area contributed by atoms with Gasteiger partial charge in [0.05, 0.1) is 30.9 Å². The molecule has 1 aliphatic heterocycles. The molecule has 3 aromatic rings. The molecule has 1 saturated carbocycles. The molecule has 0 spiro atoms. The Morgan fingerprint density at radius 1 is 1.18 bits per heavy atom. The maximum Gasteiger partial charge on any atom is 0.228 e. The van der Waals surface area contributed by atoms with Crippen LogP contribution in [-0.4, -0.2) is 37.5 Å². The van der Waals surface area contributed by atoms with Crippen LogP contribution in [0.25, 0.3) is 11.1 Å². The van der Waals surface area contributed by atoms with Crippen LogP contribution in [-0.2, 0) is 9.53 Å². The Morgan fingerprint density at radius 3 is 2.64 bits per heavy atom. The summed E-state index contributed by atoms with van der Waals surface area (Å²) >= 11 is 0. The van der Waals surface area contributed by atoms with E-state index < -0.39 is 0 Å². The van der Waals surface area contributed by atoms with Crippen LogP contribution in [0.2, 0.25) is 0 Å². The molecule has 2 aliphatic rings. The van der Waals surface area contributed by atoms with Crippen LogP contribution >= 0.6 is 0 Å². The van der Waals surface area contributed by atoms with Crippen LogP contribution < -0.4 is 14.8 Å². The first-order valence-corrected chi connectivity index (χ1v) is 11.3. The zero-order valence-electron chi connectivity index (χ0n) is 19.3. The third kappa shape index (κ3) is 3.86. The number of ether oxygens (including phenoxy) is 3. The largest absolute Gasteiger partial charge is 0.494 e. The summed E-state index contributed by atoms with van der Waals surface area (Å²) in [7, 11) is 1.63. The predicted molar refractivity (Wildman–Crippen MR) is 122 cm³/mol. The van der Waals surface area contributed by atoms with Crippen molar-refractivity contribution in [3.8, 4) is 22.6 Å². The third-order valence-electron chi connectivity index (χ3n) is 6.45. The second-order valence-corrected chi connectivity index (χ2v) is 8.60. The van der Waals surface area contributed by atoms with Gasteiger partial charge in [0.1, 0.15) is 23.4 Å². The number of nitrogens with zero attached hydrogens (tertiary/aromatic N) is 1. The molecule has 0 radical (unpaired) electrons. The van der Waals surface area contributed by atoms with E-state index in [-0.39, 0.29) is 29.9 Å². The van der Waals surface area contributed by atoms with Crippen molar-refractivity contribution in [1.29, 1.82) is 0 Å². The van der Waals surface area contributed by atoms with Gasteiger partial charge in [0.2, 0.25) is 5.91 Å². The number of amides is 1. The van der Waals surface area contributed by atoms with Crippen molar-refractivity contribution in [2.75, 3.05) is 20.3 Å². The molecule has 172 valence electrons. The zero-order valence-corrected chi connectivity index (χ0v) is 19.3. The number of fused-ring (bicyclic) bond motifs is 3. The summed E-state index contributed by atoms with van der Waals surface area (Å²) in [6.45, 7) is 6.79. The minimum Gasteiger partial charge on any atom is -0.494 e. The van der Waals surface area contributed by atoms with Gasteiger partial charge in [0, 0.05) is 24.2 Å². The zero-order chi connectivity index (χ0) is 23.1. The number of benzene rings is 2. The van der Waals surface area contributed by atoms with Crippen molar-refractivity contribution >= 4 is 5.91 Å². The Kier molecular flexibility index (Phi) is 5.58. The fourth-order valence-corrected chi connectivity index (χ4v) is 4.84. The lowest BCUT2D eigenvalue weighted by Gasteiger charge is -2.19. The van der Waals surface area contributed by atoms with E-state index in [0.717, 1.165) is 45.2 Å². The molecule has 1 amide bonds.